The summed E-state index contributed by atoms with van der Waals surface area (Å²) in [5.74, 6) is 0.716. The van der Waals surface area contributed by atoms with Gasteiger partial charge in [0.1, 0.15) is 0 Å². The summed E-state index contributed by atoms with van der Waals surface area (Å²) >= 11 is 0. The Labute approximate surface area is 118 Å². The fourth-order valence-corrected chi connectivity index (χ4v) is 2.70. The van der Waals surface area contributed by atoms with Gasteiger partial charge in [0.2, 0.25) is 0 Å². The predicted molar refractivity (Wildman–Crippen MR) is 81.2 cm³/mol. The molecule has 0 atom stereocenters. The summed E-state index contributed by atoms with van der Waals surface area (Å²) < 4.78 is 22.6. The van der Waals surface area contributed by atoms with Crippen LogP contribution in [0.25, 0.3) is 0 Å². The Balaban J connectivity index is 2.34. The lowest BCUT2D eigenvalue weighted by atomic mass is 10.0. The third-order valence-corrected chi connectivity index (χ3v) is 6.18. The molecule has 0 aromatic carbocycles. The number of likely N-dealkylation sites (tertiary alicyclic amines) is 1. The maximum absolute atomic E-state index is 11.7. The maximum atomic E-state index is 11.7. The van der Waals surface area contributed by atoms with Crippen LogP contribution in [0, 0.1) is 5.92 Å². The highest BCUT2D eigenvalue weighted by Gasteiger charge is 2.31. The van der Waals surface area contributed by atoms with Gasteiger partial charge in [-0.15, -0.1) is 0 Å². The SMILES string of the molecule is CC(C)CN1CCC(NCC(C)(C)S(C)(=O)=O)CC1. The smallest absolute Gasteiger partial charge is 0.153 e. The zero-order valence-electron chi connectivity index (χ0n) is 13.1. The first-order valence-electron chi connectivity index (χ1n) is 7.27. The van der Waals surface area contributed by atoms with Gasteiger partial charge >= 0.3 is 0 Å². The molecule has 0 unspecified atom stereocenters. The standard InChI is InChI=1S/C14H30N2O2S/c1-12(2)10-16-8-6-13(7-9-16)15-11-14(3,4)19(5,17)18/h12-13,15H,6-11H2,1-5H3. The third kappa shape index (κ3) is 5.40. The monoisotopic (exact) mass is 290 g/mol. The van der Waals surface area contributed by atoms with Crippen molar-refractivity contribution in [3.63, 3.8) is 0 Å². The molecule has 1 saturated heterocycles. The maximum Gasteiger partial charge on any atom is 0.153 e. The average Bonchev–Trinajstić information content (AvgIpc) is 2.26. The van der Waals surface area contributed by atoms with Crippen LogP contribution < -0.4 is 5.32 Å². The second-order valence-corrected chi connectivity index (χ2v) is 9.53. The van der Waals surface area contributed by atoms with Crippen molar-refractivity contribution in [3.05, 3.63) is 0 Å². The van der Waals surface area contributed by atoms with E-state index in [0.717, 1.165) is 25.9 Å². The van der Waals surface area contributed by atoms with Crippen molar-refractivity contribution in [1.29, 1.82) is 0 Å². The molecule has 0 bridgehead atoms. The molecule has 0 aromatic heterocycles. The molecule has 0 spiro atoms. The van der Waals surface area contributed by atoms with Gasteiger partial charge in [-0.3, -0.25) is 0 Å². The number of sulfone groups is 1. The minimum absolute atomic E-state index is 0.462. The zero-order chi connectivity index (χ0) is 14.7. The van der Waals surface area contributed by atoms with E-state index < -0.39 is 14.6 Å². The number of hydrogen-bond acceptors (Lipinski definition) is 4. The first kappa shape index (κ1) is 16.9. The van der Waals surface area contributed by atoms with E-state index in [1.165, 1.54) is 12.8 Å². The summed E-state index contributed by atoms with van der Waals surface area (Å²) in [6.45, 7) is 12.0. The molecule has 19 heavy (non-hydrogen) atoms. The topological polar surface area (TPSA) is 49.4 Å². The summed E-state index contributed by atoms with van der Waals surface area (Å²) in [6.07, 6.45) is 3.55. The lowest BCUT2D eigenvalue weighted by molar-refractivity contribution is 0.179. The van der Waals surface area contributed by atoms with Crippen LogP contribution >= 0.6 is 0 Å². The van der Waals surface area contributed by atoms with Crippen LogP contribution in [0.1, 0.15) is 40.5 Å². The van der Waals surface area contributed by atoms with Gasteiger partial charge in [0.05, 0.1) is 4.75 Å². The van der Waals surface area contributed by atoms with Crippen molar-refractivity contribution in [3.8, 4) is 0 Å². The van der Waals surface area contributed by atoms with Crippen molar-refractivity contribution >= 4 is 9.84 Å². The lowest BCUT2D eigenvalue weighted by Crippen LogP contribution is -2.49. The fourth-order valence-electron chi connectivity index (χ4n) is 2.36. The Morgan fingerprint density at radius 2 is 1.79 bits per heavy atom. The van der Waals surface area contributed by atoms with Gasteiger partial charge in [-0.25, -0.2) is 8.42 Å². The predicted octanol–water partition coefficient (Wildman–Crippen LogP) is 1.52. The second-order valence-electron chi connectivity index (χ2n) is 6.88. The number of rotatable bonds is 6. The fraction of sp³-hybridized carbons (Fsp3) is 1.00. The highest BCUT2D eigenvalue weighted by Crippen LogP contribution is 2.16. The van der Waals surface area contributed by atoms with Crippen LogP contribution in [0.4, 0.5) is 0 Å². The molecule has 114 valence electrons. The van der Waals surface area contributed by atoms with Gasteiger partial charge in [0.25, 0.3) is 0 Å². The van der Waals surface area contributed by atoms with Crippen LogP contribution in [0.5, 0.6) is 0 Å². The molecule has 5 heteroatoms. The molecule has 1 aliphatic heterocycles. The van der Waals surface area contributed by atoms with Gasteiger partial charge in [0.15, 0.2) is 9.84 Å². The Morgan fingerprint density at radius 1 is 1.26 bits per heavy atom. The molecule has 0 saturated carbocycles. The molecule has 0 aliphatic carbocycles. The highest BCUT2D eigenvalue weighted by atomic mass is 32.2. The molecule has 0 radical (unpaired) electrons. The van der Waals surface area contributed by atoms with E-state index in [1.807, 2.05) is 0 Å². The Morgan fingerprint density at radius 3 is 2.21 bits per heavy atom. The van der Waals surface area contributed by atoms with E-state index >= 15 is 0 Å². The van der Waals surface area contributed by atoms with Crippen molar-refractivity contribution in [2.24, 2.45) is 5.92 Å². The van der Waals surface area contributed by atoms with Gasteiger partial charge in [0, 0.05) is 25.4 Å². The zero-order valence-corrected chi connectivity index (χ0v) is 13.9. The molecule has 1 N–H and O–H groups in total. The quantitative estimate of drug-likeness (QED) is 0.806. The van der Waals surface area contributed by atoms with Crippen molar-refractivity contribution in [2.75, 3.05) is 32.4 Å². The van der Waals surface area contributed by atoms with Crippen LogP contribution in [-0.4, -0.2) is 56.5 Å². The largest absolute Gasteiger partial charge is 0.312 e. The molecule has 1 aliphatic rings. The first-order chi connectivity index (χ1) is 8.62. The van der Waals surface area contributed by atoms with Crippen molar-refractivity contribution in [2.45, 2.75) is 51.3 Å². The van der Waals surface area contributed by atoms with Crippen LogP contribution in [-0.2, 0) is 9.84 Å². The Kier molecular flexibility index (Phi) is 5.83. The molecular weight excluding hydrogens is 260 g/mol. The summed E-state index contributed by atoms with van der Waals surface area (Å²) in [5.41, 5.74) is 0. The molecule has 0 amide bonds. The molecule has 1 rings (SSSR count). The molecule has 1 heterocycles. The number of hydrogen-bond donors (Lipinski definition) is 1. The minimum atomic E-state index is -3.00. The van der Waals surface area contributed by atoms with Crippen molar-refractivity contribution in [1.82, 2.24) is 10.2 Å². The van der Waals surface area contributed by atoms with Crippen LogP contribution in [0.2, 0.25) is 0 Å². The summed E-state index contributed by atoms with van der Waals surface area (Å²) in [5, 5.41) is 3.44. The van der Waals surface area contributed by atoms with Crippen LogP contribution in [0.15, 0.2) is 0 Å². The molecule has 4 nitrogen and oxygen atoms in total. The number of nitrogens with one attached hydrogen (secondary N) is 1. The average molecular weight is 290 g/mol. The number of piperidine rings is 1. The van der Waals surface area contributed by atoms with E-state index in [4.69, 9.17) is 0 Å². The van der Waals surface area contributed by atoms with E-state index in [2.05, 4.69) is 24.1 Å². The molecular formula is C14H30N2O2S. The lowest BCUT2D eigenvalue weighted by Gasteiger charge is -2.35. The van der Waals surface area contributed by atoms with Gasteiger partial charge < -0.3 is 10.2 Å². The van der Waals surface area contributed by atoms with Crippen LogP contribution in [0.3, 0.4) is 0 Å². The molecule has 0 aromatic rings. The van der Waals surface area contributed by atoms with E-state index in [0.29, 0.717) is 18.5 Å². The van der Waals surface area contributed by atoms with E-state index in [9.17, 15) is 8.42 Å². The molecule has 1 fully saturated rings. The summed E-state index contributed by atoms with van der Waals surface area (Å²) in [4.78, 5) is 2.50. The summed E-state index contributed by atoms with van der Waals surface area (Å²) in [6, 6.07) is 0.462. The van der Waals surface area contributed by atoms with Crippen molar-refractivity contribution < 1.29 is 8.42 Å². The Hall–Kier alpha value is -0.130. The summed E-state index contributed by atoms with van der Waals surface area (Å²) in [7, 11) is -3.00. The normalized spacial score (nSPS) is 20.1. The van der Waals surface area contributed by atoms with Gasteiger partial charge in [-0.05, 0) is 45.7 Å². The minimum Gasteiger partial charge on any atom is -0.312 e. The van der Waals surface area contributed by atoms with Gasteiger partial charge in [-0.2, -0.15) is 0 Å². The second kappa shape index (κ2) is 6.55. The number of nitrogens with zero attached hydrogens (tertiary/aromatic N) is 1. The van der Waals surface area contributed by atoms with E-state index in [-0.39, 0.29) is 0 Å². The third-order valence-electron chi connectivity index (χ3n) is 4.03. The highest BCUT2D eigenvalue weighted by molar-refractivity contribution is 7.92. The van der Waals surface area contributed by atoms with E-state index in [1.54, 1.807) is 13.8 Å². The Bertz CT molecular complexity index is 369. The first-order valence-corrected chi connectivity index (χ1v) is 9.16. The van der Waals surface area contributed by atoms with Gasteiger partial charge in [-0.1, -0.05) is 13.8 Å².